The maximum Gasteiger partial charge on any atom is 0.159 e. The predicted molar refractivity (Wildman–Crippen MR) is 141 cm³/mol. The van der Waals surface area contributed by atoms with Gasteiger partial charge >= 0.3 is 0 Å². The van der Waals surface area contributed by atoms with Crippen LogP contribution in [0.2, 0.25) is 0 Å². The molecular weight excluding hydrogens is 448 g/mol. The molecule has 0 aromatic carbocycles. The molecule has 0 spiro atoms. The maximum atomic E-state index is 5.96. The topological polar surface area (TPSA) is 64.6 Å². The third kappa shape index (κ3) is 18.5. The molecule has 0 aromatic heterocycles. The van der Waals surface area contributed by atoms with Crippen LogP contribution in [0.3, 0.4) is 0 Å². The molecular formula is C28H54O7. The first-order valence-electron chi connectivity index (χ1n) is 13.9. The fourth-order valence-electron chi connectivity index (χ4n) is 2.99. The van der Waals surface area contributed by atoms with E-state index in [0.717, 1.165) is 87.2 Å². The highest BCUT2D eigenvalue weighted by Crippen LogP contribution is 2.18. The first kappa shape index (κ1) is 33.6. The third-order valence-corrected chi connectivity index (χ3v) is 4.86. The number of hydrogen-bond donors (Lipinski definition) is 0. The van der Waals surface area contributed by atoms with Crippen LogP contribution in [0.5, 0.6) is 0 Å². The molecule has 0 aliphatic heterocycles. The Bertz CT molecular complexity index is 465. The number of allylic oxidation sites excluding steroid dienone is 2. The zero-order valence-electron chi connectivity index (χ0n) is 23.6. The van der Waals surface area contributed by atoms with Gasteiger partial charge in [-0.15, -0.1) is 0 Å². The quantitative estimate of drug-likeness (QED) is 0.0691. The Hall–Kier alpha value is -1.44. The Kier molecular flexibility index (Phi) is 24.6. The van der Waals surface area contributed by atoms with Gasteiger partial charge in [-0.1, -0.05) is 54.4 Å². The molecule has 0 unspecified atom stereocenters. The van der Waals surface area contributed by atoms with Crippen molar-refractivity contribution in [3.63, 3.8) is 0 Å². The molecule has 0 N–H and O–H groups in total. The van der Waals surface area contributed by atoms with Crippen molar-refractivity contribution in [3.8, 4) is 0 Å². The minimum Gasteiger partial charge on any atom is -0.494 e. The van der Waals surface area contributed by atoms with E-state index in [9.17, 15) is 0 Å². The van der Waals surface area contributed by atoms with Crippen LogP contribution in [0.15, 0.2) is 23.0 Å². The van der Waals surface area contributed by atoms with Gasteiger partial charge < -0.3 is 33.2 Å². The van der Waals surface area contributed by atoms with Crippen LogP contribution in [0.25, 0.3) is 0 Å². The molecule has 7 nitrogen and oxygen atoms in total. The second-order valence-electron chi connectivity index (χ2n) is 8.43. The van der Waals surface area contributed by atoms with Crippen molar-refractivity contribution in [2.45, 2.75) is 106 Å². The van der Waals surface area contributed by atoms with E-state index in [-0.39, 0.29) is 13.6 Å². The van der Waals surface area contributed by atoms with Gasteiger partial charge in [-0.2, -0.15) is 0 Å². The zero-order valence-corrected chi connectivity index (χ0v) is 23.6. The van der Waals surface area contributed by atoms with Gasteiger partial charge in [0.2, 0.25) is 0 Å². The molecule has 0 atom stereocenters. The molecule has 0 bridgehead atoms. The van der Waals surface area contributed by atoms with Crippen molar-refractivity contribution >= 4 is 0 Å². The summed E-state index contributed by atoms with van der Waals surface area (Å²) < 4.78 is 40.8. The van der Waals surface area contributed by atoms with Crippen molar-refractivity contribution in [2.24, 2.45) is 0 Å². The molecule has 0 rings (SSSR count). The summed E-state index contributed by atoms with van der Waals surface area (Å²) in [7, 11) is 0. The second kappa shape index (κ2) is 25.6. The Labute approximate surface area is 215 Å². The van der Waals surface area contributed by atoms with Gasteiger partial charge in [0.05, 0.1) is 26.4 Å². The average Bonchev–Trinajstić information content (AvgIpc) is 2.87. The van der Waals surface area contributed by atoms with Gasteiger partial charge in [-0.25, -0.2) is 0 Å². The standard InChI is InChI=1S/C28H54O7/c1-7-13-15-25(32-17-9-3)27(34-19-11-5)21-29-23-31-24-30-22-28(35-20-12-6)26(16-14-8-2)33-18-10-4/h7-24H2,1-6H3. The Balaban J connectivity index is 4.74. The van der Waals surface area contributed by atoms with E-state index in [4.69, 9.17) is 33.2 Å². The molecule has 0 saturated heterocycles. The number of rotatable bonds is 26. The minimum absolute atomic E-state index is 0.109. The number of ether oxygens (including phenoxy) is 7. The Morgan fingerprint density at radius 1 is 0.400 bits per heavy atom. The SMILES string of the molecule is CCCCC(OCCC)=C(COCOCOCC(OCCC)=C(CCCC)OCCC)OCCC. The molecule has 0 aromatic rings. The Morgan fingerprint density at radius 2 is 0.743 bits per heavy atom. The molecule has 0 heterocycles. The lowest BCUT2D eigenvalue weighted by molar-refractivity contribution is -0.132. The molecule has 7 heteroatoms. The van der Waals surface area contributed by atoms with E-state index in [1.165, 1.54) is 0 Å². The summed E-state index contributed by atoms with van der Waals surface area (Å²) in [5, 5.41) is 0. The average molecular weight is 503 g/mol. The van der Waals surface area contributed by atoms with Gasteiger partial charge in [0.1, 0.15) is 38.3 Å². The van der Waals surface area contributed by atoms with Crippen LogP contribution in [0, 0.1) is 0 Å². The second-order valence-corrected chi connectivity index (χ2v) is 8.43. The first-order valence-corrected chi connectivity index (χ1v) is 13.9. The molecule has 0 saturated carbocycles. The summed E-state index contributed by atoms with van der Waals surface area (Å²) in [5.74, 6) is 3.33. The first-order chi connectivity index (χ1) is 17.2. The van der Waals surface area contributed by atoms with E-state index in [2.05, 4.69) is 41.5 Å². The summed E-state index contributed by atoms with van der Waals surface area (Å²) in [4.78, 5) is 0. The summed E-state index contributed by atoms with van der Waals surface area (Å²) >= 11 is 0. The van der Waals surface area contributed by atoms with Crippen LogP contribution >= 0.6 is 0 Å². The summed E-state index contributed by atoms with van der Waals surface area (Å²) in [5.41, 5.74) is 0. The normalized spacial score (nSPS) is 12.7. The molecule has 0 radical (unpaired) electrons. The van der Waals surface area contributed by atoms with Crippen molar-refractivity contribution in [1.29, 1.82) is 0 Å². The maximum absolute atomic E-state index is 5.96. The summed E-state index contributed by atoms with van der Waals surface area (Å²) in [6, 6.07) is 0. The third-order valence-electron chi connectivity index (χ3n) is 4.86. The van der Waals surface area contributed by atoms with E-state index >= 15 is 0 Å². The molecule has 208 valence electrons. The number of hydrogen-bond acceptors (Lipinski definition) is 7. The molecule has 0 amide bonds. The molecule has 35 heavy (non-hydrogen) atoms. The minimum atomic E-state index is 0.109. The van der Waals surface area contributed by atoms with Crippen molar-refractivity contribution in [1.82, 2.24) is 0 Å². The lowest BCUT2D eigenvalue weighted by Gasteiger charge is -2.18. The summed E-state index contributed by atoms with van der Waals surface area (Å²) in [6.45, 7) is 16.2. The van der Waals surface area contributed by atoms with Crippen LogP contribution in [0.1, 0.15) is 106 Å². The van der Waals surface area contributed by atoms with Gasteiger partial charge in [-0.05, 0) is 38.5 Å². The number of unbranched alkanes of at least 4 members (excludes halogenated alkanes) is 2. The molecule has 0 fully saturated rings. The van der Waals surface area contributed by atoms with E-state index in [1.54, 1.807) is 0 Å². The largest absolute Gasteiger partial charge is 0.494 e. The van der Waals surface area contributed by atoms with Crippen LogP contribution in [-0.2, 0) is 33.2 Å². The van der Waals surface area contributed by atoms with Gasteiger partial charge in [0.15, 0.2) is 11.5 Å². The van der Waals surface area contributed by atoms with Gasteiger partial charge in [0.25, 0.3) is 0 Å². The van der Waals surface area contributed by atoms with Crippen LogP contribution < -0.4 is 0 Å². The highest BCUT2D eigenvalue weighted by molar-refractivity contribution is 5.03. The van der Waals surface area contributed by atoms with Crippen molar-refractivity contribution < 1.29 is 33.2 Å². The molecule has 0 aliphatic carbocycles. The van der Waals surface area contributed by atoms with E-state index in [1.807, 2.05) is 0 Å². The van der Waals surface area contributed by atoms with Crippen LogP contribution in [0.4, 0.5) is 0 Å². The fraction of sp³-hybridized carbons (Fsp3) is 0.857. The monoisotopic (exact) mass is 502 g/mol. The van der Waals surface area contributed by atoms with Crippen molar-refractivity contribution in [3.05, 3.63) is 23.0 Å². The van der Waals surface area contributed by atoms with Gasteiger partial charge in [0, 0.05) is 12.8 Å². The van der Waals surface area contributed by atoms with E-state index < -0.39 is 0 Å². The molecule has 0 aliphatic rings. The highest BCUT2D eigenvalue weighted by Gasteiger charge is 2.12. The lowest BCUT2D eigenvalue weighted by Crippen LogP contribution is -2.14. The Morgan fingerprint density at radius 3 is 1.06 bits per heavy atom. The van der Waals surface area contributed by atoms with Crippen molar-refractivity contribution in [2.75, 3.05) is 53.2 Å². The smallest absolute Gasteiger partial charge is 0.159 e. The highest BCUT2D eigenvalue weighted by atomic mass is 16.7. The zero-order chi connectivity index (χ0) is 26.0. The lowest BCUT2D eigenvalue weighted by atomic mass is 10.2. The summed E-state index contributed by atoms with van der Waals surface area (Å²) in [6.07, 6.45) is 9.81. The van der Waals surface area contributed by atoms with Crippen LogP contribution in [-0.4, -0.2) is 53.2 Å². The van der Waals surface area contributed by atoms with Gasteiger partial charge in [-0.3, -0.25) is 0 Å². The van der Waals surface area contributed by atoms with E-state index in [0.29, 0.717) is 39.6 Å². The predicted octanol–water partition coefficient (Wildman–Crippen LogP) is 7.46. The fourth-order valence-corrected chi connectivity index (χ4v) is 2.99.